The summed E-state index contributed by atoms with van der Waals surface area (Å²) < 4.78 is 39.0. The smallest absolute Gasteiger partial charge is 0.388 e. The number of rotatable bonds is 2. The van der Waals surface area contributed by atoms with Gasteiger partial charge in [-0.25, -0.2) is 0 Å². The molecule has 1 aliphatic carbocycles. The highest BCUT2D eigenvalue weighted by Gasteiger charge is 2.47. The zero-order valence-electron chi connectivity index (χ0n) is 10.8. The molecule has 1 N–H and O–H groups in total. The Morgan fingerprint density at radius 2 is 1.95 bits per heavy atom. The van der Waals surface area contributed by atoms with Crippen molar-refractivity contribution in [3.63, 3.8) is 0 Å². The van der Waals surface area contributed by atoms with Gasteiger partial charge in [0.15, 0.2) is 0 Å². The van der Waals surface area contributed by atoms with E-state index in [1.165, 1.54) is 6.20 Å². The molecule has 0 saturated heterocycles. The Kier molecular flexibility index (Phi) is 4.13. The molecule has 1 aliphatic rings. The molecule has 2 nitrogen and oxygen atoms in total. The molecule has 1 aromatic rings. The number of aliphatic hydroxyl groups is 1. The van der Waals surface area contributed by atoms with Gasteiger partial charge in [0.25, 0.3) is 0 Å². The molecule has 1 aromatic heterocycles. The fourth-order valence-corrected chi connectivity index (χ4v) is 2.85. The molecule has 1 saturated carbocycles. The predicted octanol–water partition coefficient (Wildman–Crippen LogP) is 3.79. The van der Waals surface area contributed by atoms with Gasteiger partial charge in [-0.3, -0.25) is 4.98 Å². The lowest BCUT2D eigenvalue weighted by atomic mass is 9.74. The summed E-state index contributed by atoms with van der Waals surface area (Å²) in [6.07, 6.45) is -1.98. The van der Waals surface area contributed by atoms with Gasteiger partial charge >= 0.3 is 6.18 Å². The number of nitrogens with zero attached hydrogens (tertiary/aromatic N) is 1. The fourth-order valence-electron chi connectivity index (χ4n) is 2.85. The third-order valence-electron chi connectivity index (χ3n) is 3.92. The summed E-state index contributed by atoms with van der Waals surface area (Å²) in [5.74, 6) is -2.16. The first-order chi connectivity index (χ1) is 8.89. The molecule has 0 spiro atoms. The van der Waals surface area contributed by atoms with Crippen LogP contribution in [0, 0.1) is 18.8 Å². The molecule has 3 atom stereocenters. The van der Waals surface area contributed by atoms with Gasteiger partial charge in [-0.15, -0.1) is 0 Å². The minimum atomic E-state index is -4.23. The molecule has 0 bridgehead atoms. The number of aryl methyl sites for hydroxylation is 1. The average molecular weight is 273 g/mol. The van der Waals surface area contributed by atoms with Crippen LogP contribution in [0.3, 0.4) is 0 Å². The van der Waals surface area contributed by atoms with Gasteiger partial charge < -0.3 is 5.11 Å². The first kappa shape index (κ1) is 14.3. The number of alkyl halides is 3. The maximum atomic E-state index is 13.0. The van der Waals surface area contributed by atoms with E-state index in [0.29, 0.717) is 18.4 Å². The summed E-state index contributed by atoms with van der Waals surface area (Å²) in [6.45, 7) is 1.80. The molecule has 0 aliphatic heterocycles. The molecule has 0 aromatic carbocycles. The normalized spacial score (nSPS) is 26.2. The third kappa shape index (κ3) is 3.26. The van der Waals surface area contributed by atoms with Gasteiger partial charge in [0.05, 0.1) is 12.0 Å². The summed E-state index contributed by atoms with van der Waals surface area (Å²) >= 11 is 0. The van der Waals surface area contributed by atoms with Crippen LogP contribution in [0.5, 0.6) is 0 Å². The third-order valence-corrected chi connectivity index (χ3v) is 3.92. The van der Waals surface area contributed by atoms with E-state index in [1.54, 1.807) is 19.1 Å². The van der Waals surface area contributed by atoms with Crippen LogP contribution in [-0.4, -0.2) is 16.3 Å². The van der Waals surface area contributed by atoms with Crippen LogP contribution in [0.15, 0.2) is 18.3 Å². The molecule has 19 heavy (non-hydrogen) atoms. The van der Waals surface area contributed by atoms with Crippen LogP contribution in [0.2, 0.25) is 0 Å². The lowest BCUT2D eigenvalue weighted by Gasteiger charge is -2.36. The van der Waals surface area contributed by atoms with Gasteiger partial charge in [-0.1, -0.05) is 18.9 Å². The van der Waals surface area contributed by atoms with E-state index in [9.17, 15) is 18.3 Å². The Hall–Kier alpha value is -1.10. The number of halogens is 3. The van der Waals surface area contributed by atoms with Gasteiger partial charge in [0.1, 0.15) is 0 Å². The highest BCUT2D eigenvalue weighted by Crippen LogP contribution is 2.46. The maximum absolute atomic E-state index is 13.0. The number of hydrogen-bond acceptors (Lipinski definition) is 2. The predicted molar refractivity (Wildman–Crippen MR) is 65.4 cm³/mol. The van der Waals surface area contributed by atoms with Crippen molar-refractivity contribution in [3.05, 3.63) is 29.6 Å². The van der Waals surface area contributed by atoms with Crippen molar-refractivity contribution in [1.29, 1.82) is 0 Å². The minimum absolute atomic E-state index is 0.116. The van der Waals surface area contributed by atoms with E-state index in [0.717, 1.165) is 12.1 Å². The topological polar surface area (TPSA) is 33.1 Å². The Morgan fingerprint density at radius 1 is 1.26 bits per heavy atom. The zero-order chi connectivity index (χ0) is 14.0. The lowest BCUT2D eigenvalue weighted by Crippen LogP contribution is -2.36. The van der Waals surface area contributed by atoms with Crippen LogP contribution in [0.1, 0.15) is 43.0 Å². The quantitative estimate of drug-likeness (QED) is 0.889. The summed E-state index contributed by atoms with van der Waals surface area (Å²) in [6, 6.07) is 3.37. The van der Waals surface area contributed by atoms with Gasteiger partial charge in [0.2, 0.25) is 0 Å². The van der Waals surface area contributed by atoms with Crippen molar-refractivity contribution in [2.24, 2.45) is 11.8 Å². The van der Waals surface area contributed by atoms with Gasteiger partial charge in [-0.05, 0) is 31.4 Å². The van der Waals surface area contributed by atoms with E-state index in [2.05, 4.69) is 4.98 Å². The second-order valence-electron chi connectivity index (χ2n) is 5.27. The summed E-state index contributed by atoms with van der Waals surface area (Å²) in [5.41, 5.74) is 1.26. The number of aromatic nitrogens is 1. The van der Waals surface area contributed by atoms with E-state index in [1.807, 2.05) is 0 Å². The van der Waals surface area contributed by atoms with Crippen molar-refractivity contribution in [3.8, 4) is 0 Å². The van der Waals surface area contributed by atoms with E-state index in [4.69, 9.17) is 0 Å². The lowest BCUT2D eigenvalue weighted by molar-refractivity contribution is -0.207. The average Bonchev–Trinajstić information content (AvgIpc) is 2.38. The number of aliphatic hydroxyl groups excluding tert-OH is 1. The molecule has 1 heterocycles. The monoisotopic (exact) mass is 273 g/mol. The Morgan fingerprint density at radius 3 is 2.53 bits per heavy atom. The number of pyridine rings is 1. The summed E-state index contributed by atoms with van der Waals surface area (Å²) in [4.78, 5) is 4.04. The molecular formula is C14H18F3NO. The van der Waals surface area contributed by atoms with E-state index in [-0.39, 0.29) is 6.42 Å². The maximum Gasteiger partial charge on any atom is 0.392 e. The van der Waals surface area contributed by atoms with Crippen LogP contribution in [0.25, 0.3) is 0 Å². The van der Waals surface area contributed by atoms with E-state index >= 15 is 0 Å². The Bertz CT molecular complexity index is 416. The van der Waals surface area contributed by atoms with Crippen molar-refractivity contribution in [2.45, 2.75) is 44.9 Å². The standard InChI is InChI=1S/C14H18F3NO/c1-9-6-7-10(8-18-9)13(19)11-4-2-3-5-12(11)14(15,16)17/h6-8,11-13,19H,2-5H2,1H3. The summed E-state index contributed by atoms with van der Waals surface area (Å²) in [5, 5.41) is 10.2. The van der Waals surface area contributed by atoms with Gasteiger partial charge in [-0.2, -0.15) is 13.2 Å². The molecule has 106 valence electrons. The highest BCUT2D eigenvalue weighted by molar-refractivity contribution is 5.17. The van der Waals surface area contributed by atoms with Crippen LogP contribution in [-0.2, 0) is 0 Å². The molecule has 2 rings (SSSR count). The van der Waals surface area contributed by atoms with Crippen molar-refractivity contribution in [1.82, 2.24) is 4.98 Å². The van der Waals surface area contributed by atoms with Crippen molar-refractivity contribution in [2.75, 3.05) is 0 Å². The van der Waals surface area contributed by atoms with Crippen LogP contribution >= 0.6 is 0 Å². The molecule has 0 amide bonds. The largest absolute Gasteiger partial charge is 0.392 e. The molecule has 1 fully saturated rings. The summed E-state index contributed by atoms with van der Waals surface area (Å²) in [7, 11) is 0. The van der Waals surface area contributed by atoms with Crippen LogP contribution < -0.4 is 0 Å². The SMILES string of the molecule is Cc1ccc(C(O)C2CCCCC2C(F)(F)F)cn1. The first-order valence-corrected chi connectivity index (χ1v) is 6.57. The zero-order valence-corrected chi connectivity index (χ0v) is 10.8. The van der Waals surface area contributed by atoms with Crippen molar-refractivity contribution < 1.29 is 18.3 Å². The van der Waals surface area contributed by atoms with Crippen LogP contribution in [0.4, 0.5) is 13.2 Å². The molecule has 0 radical (unpaired) electrons. The second kappa shape index (κ2) is 5.49. The molecular weight excluding hydrogens is 255 g/mol. The Labute approximate surface area is 110 Å². The number of hydrogen-bond donors (Lipinski definition) is 1. The Balaban J connectivity index is 2.20. The van der Waals surface area contributed by atoms with E-state index < -0.39 is 24.1 Å². The first-order valence-electron chi connectivity index (χ1n) is 6.57. The molecule has 3 unspecified atom stereocenters. The second-order valence-corrected chi connectivity index (χ2v) is 5.27. The molecule has 5 heteroatoms. The fraction of sp³-hybridized carbons (Fsp3) is 0.643. The highest BCUT2D eigenvalue weighted by atomic mass is 19.4. The minimum Gasteiger partial charge on any atom is -0.388 e. The van der Waals surface area contributed by atoms with Gasteiger partial charge in [0, 0.05) is 17.8 Å². The van der Waals surface area contributed by atoms with Crippen molar-refractivity contribution >= 4 is 0 Å².